The van der Waals surface area contributed by atoms with Crippen molar-refractivity contribution in [3.63, 3.8) is 0 Å². The molecule has 2 aliphatic rings. The van der Waals surface area contributed by atoms with Gasteiger partial charge in [0, 0.05) is 19.0 Å². The Bertz CT molecular complexity index is 562. The molecule has 1 unspecified atom stereocenters. The van der Waals surface area contributed by atoms with Gasteiger partial charge in [0.15, 0.2) is 0 Å². The fraction of sp³-hybridized carbons (Fsp3) is 0.429. The second-order valence-corrected chi connectivity index (χ2v) is 5.13. The molecule has 4 nitrogen and oxygen atoms in total. The highest BCUT2D eigenvalue weighted by molar-refractivity contribution is 5.80. The Morgan fingerprint density at radius 1 is 1.42 bits per heavy atom. The molecule has 19 heavy (non-hydrogen) atoms. The molecule has 2 fully saturated rings. The van der Waals surface area contributed by atoms with Crippen LogP contribution >= 0.6 is 0 Å². The van der Waals surface area contributed by atoms with Gasteiger partial charge in [0.25, 0.3) is 0 Å². The number of anilines is 1. The number of benzene rings is 1. The summed E-state index contributed by atoms with van der Waals surface area (Å²) in [5.41, 5.74) is 0.652. The van der Waals surface area contributed by atoms with E-state index in [9.17, 15) is 9.18 Å². The third kappa shape index (κ3) is 2.39. The monoisotopic (exact) mass is 259 g/mol. The molecule has 1 aliphatic carbocycles. The third-order valence-corrected chi connectivity index (χ3v) is 3.60. The summed E-state index contributed by atoms with van der Waals surface area (Å²) in [6.45, 7) is 0.642. The van der Waals surface area contributed by atoms with Crippen molar-refractivity contribution in [2.45, 2.75) is 31.3 Å². The zero-order valence-corrected chi connectivity index (χ0v) is 10.4. The molecule has 1 N–H and O–H groups in total. The van der Waals surface area contributed by atoms with Crippen LogP contribution in [0.15, 0.2) is 18.2 Å². The first-order valence-corrected chi connectivity index (χ1v) is 6.43. The van der Waals surface area contributed by atoms with Crippen molar-refractivity contribution >= 4 is 11.6 Å². The number of likely N-dealkylation sites (tertiary alicyclic amines) is 1. The molecule has 1 aliphatic heterocycles. The van der Waals surface area contributed by atoms with E-state index in [4.69, 9.17) is 5.26 Å². The Kier molecular flexibility index (Phi) is 2.86. The number of carbonyl (C=O) groups is 1. The first kappa shape index (κ1) is 12.0. The summed E-state index contributed by atoms with van der Waals surface area (Å²) in [5, 5.41) is 11.7. The highest BCUT2D eigenvalue weighted by Gasteiger charge is 2.39. The first-order valence-electron chi connectivity index (χ1n) is 6.43. The summed E-state index contributed by atoms with van der Waals surface area (Å²) in [7, 11) is 0. The predicted octanol–water partition coefficient (Wildman–Crippen LogP) is 1.87. The van der Waals surface area contributed by atoms with Crippen molar-refractivity contribution in [1.29, 1.82) is 5.26 Å². The van der Waals surface area contributed by atoms with Crippen LogP contribution in [0.2, 0.25) is 0 Å². The van der Waals surface area contributed by atoms with Gasteiger partial charge in [-0.3, -0.25) is 4.79 Å². The molecule has 0 aromatic heterocycles. The molecule has 1 aromatic carbocycles. The number of amides is 1. The number of nitriles is 1. The second-order valence-electron chi connectivity index (χ2n) is 5.13. The van der Waals surface area contributed by atoms with Crippen LogP contribution in [0, 0.1) is 17.1 Å². The van der Waals surface area contributed by atoms with Gasteiger partial charge >= 0.3 is 0 Å². The largest absolute Gasteiger partial charge is 0.378 e. The minimum Gasteiger partial charge on any atom is -0.378 e. The molecule has 1 atom stereocenters. The normalized spacial score (nSPS) is 22.4. The molecular formula is C14H14FN3O. The lowest BCUT2D eigenvalue weighted by Gasteiger charge is -2.17. The quantitative estimate of drug-likeness (QED) is 0.901. The average Bonchev–Trinajstić information content (AvgIpc) is 3.17. The maximum atomic E-state index is 13.7. The predicted molar refractivity (Wildman–Crippen MR) is 67.9 cm³/mol. The number of nitrogens with one attached hydrogen (secondary N) is 1. The molecule has 5 heteroatoms. The van der Waals surface area contributed by atoms with Crippen LogP contribution in [0.1, 0.15) is 24.8 Å². The number of hydrogen-bond acceptors (Lipinski definition) is 3. The lowest BCUT2D eigenvalue weighted by atomic mass is 10.2. The summed E-state index contributed by atoms with van der Waals surface area (Å²) >= 11 is 0. The molecule has 1 aromatic rings. The van der Waals surface area contributed by atoms with Crippen molar-refractivity contribution in [3.8, 4) is 6.07 Å². The molecule has 0 radical (unpaired) electrons. The van der Waals surface area contributed by atoms with Gasteiger partial charge in [-0.1, -0.05) is 0 Å². The Labute approximate surface area is 110 Å². The molecule has 1 amide bonds. The van der Waals surface area contributed by atoms with Gasteiger partial charge in [0.2, 0.25) is 5.91 Å². The van der Waals surface area contributed by atoms with E-state index in [0.29, 0.717) is 30.3 Å². The molecule has 1 saturated heterocycles. The van der Waals surface area contributed by atoms with Crippen LogP contribution in [0.4, 0.5) is 10.1 Å². The summed E-state index contributed by atoms with van der Waals surface area (Å²) in [4.78, 5) is 13.7. The number of halogens is 1. The van der Waals surface area contributed by atoms with E-state index in [1.54, 1.807) is 12.1 Å². The smallest absolute Gasteiger partial charge is 0.225 e. The van der Waals surface area contributed by atoms with Gasteiger partial charge in [-0.15, -0.1) is 0 Å². The fourth-order valence-electron chi connectivity index (χ4n) is 2.49. The summed E-state index contributed by atoms with van der Waals surface area (Å²) < 4.78 is 13.7. The fourth-order valence-corrected chi connectivity index (χ4v) is 2.49. The standard InChI is InChI=1S/C14H14FN3O/c15-12-5-9(7-16)1-4-13(12)17-10-6-14(19)18(8-10)11-2-3-11/h1,4-5,10-11,17H,2-3,6,8H2. The molecular weight excluding hydrogens is 245 g/mol. The van der Waals surface area contributed by atoms with Crippen LogP contribution in [0.5, 0.6) is 0 Å². The van der Waals surface area contributed by atoms with E-state index in [2.05, 4.69) is 5.32 Å². The van der Waals surface area contributed by atoms with E-state index in [-0.39, 0.29) is 11.9 Å². The lowest BCUT2D eigenvalue weighted by molar-refractivity contribution is -0.128. The Balaban J connectivity index is 1.69. The zero-order chi connectivity index (χ0) is 13.4. The SMILES string of the molecule is N#Cc1ccc(NC2CC(=O)N(C3CC3)C2)c(F)c1. The number of nitrogens with zero attached hydrogens (tertiary/aromatic N) is 2. The molecule has 0 bridgehead atoms. The van der Waals surface area contributed by atoms with Crippen LogP contribution in [0.3, 0.4) is 0 Å². The van der Waals surface area contributed by atoms with Crippen LogP contribution in [-0.4, -0.2) is 29.4 Å². The molecule has 98 valence electrons. The summed E-state index contributed by atoms with van der Waals surface area (Å²) in [6, 6.07) is 6.59. The maximum absolute atomic E-state index is 13.7. The van der Waals surface area contributed by atoms with E-state index in [1.165, 1.54) is 6.07 Å². The van der Waals surface area contributed by atoms with Crippen molar-refractivity contribution in [2.75, 3.05) is 11.9 Å². The number of rotatable bonds is 3. The van der Waals surface area contributed by atoms with Crippen molar-refractivity contribution in [1.82, 2.24) is 4.90 Å². The second kappa shape index (κ2) is 4.54. The van der Waals surface area contributed by atoms with Crippen LogP contribution < -0.4 is 5.32 Å². The van der Waals surface area contributed by atoms with E-state index in [1.807, 2.05) is 11.0 Å². The lowest BCUT2D eigenvalue weighted by Crippen LogP contribution is -2.29. The average molecular weight is 259 g/mol. The minimum absolute atomic E-state index is 0.0458. The van der Waals surface area contributed by atoms with Gasteiger partial charge in [-0.05, 0) is 31.0 Å². The van der Waals surface area contributed by atoms with Crippen LogP contribution in [0.25, 0.3) is 0 Å². The maximum Gasteiger partial charge on any atom is 0.225 e. The Hall–Kier alpha value is -2.09. The van der Waals surface area contributed by atoms with E-state index < -0.39 is 5.82 Å². The van der Waals surface area contributed by atoms with Crippen molar-refractivity contribution in [3.05, 3.63) is 29.6 Å². The van der Waals surface area contributed by atoms with Crippen LogP contribution in [-0.2, 0) is 4.79 Å². The van der Waals surface area contributed by atoms with Crippen molar-refractivity contribution < 1.29 is 9.18 Å². The molecule has 1 saturated carbocycles. The van der Waals surface area contributed by atoms with Gasteiger partial charge < -0.3 is 10.2 Å². The summed E-state index contributed by atoms with van der Waals surface area (Å²) in [6.07, 6.45) is 2.59. The Morgan fingerprint density at radius 2 is 2.21 bits per heavy atom. The number of carbonyl (C=O) groups excluding carboxylic acids is 1. The highest BCUT2D eigenvalue weighted by Crippen LogP contribution is 2.31. The van der Waals surface area contributed by atoms with Gasteiger partial charge in [0.1, 0.15) is 5.82 Å². The first-order chi connectivity index (χ1) is 9.17. The van der Waals surface area contributed by atoms with E-state index in [0.717, 1.165) is 12.8 Å². The third-order valence-electron chi connectivity index (χ3n) is 3.60. The minimum atomic E-state index is -0.448. The van der Waals surface area contributed by atoms with Gasteiger partial charge in [-0.2, -0.15) is 5.26 Å². The molecule has 0 spiro atoms. The summed E-state index contributed by atoms with van der Waals surface area (Å²) in [5.74, 6) is -0.301. The molecule has 3 rings (SSSR count). The zero-order valence-electron chi connectivity index (χ0n) is 10.4. The number of hydrogen-bond donors (Lipinski definition) is 1. The van der Waals surface area contributed by atoms with Gasteiger partial charge in [-0.25, -0.2) is 4.39 Å². The van der Waals surface area contributed by atoms with E-state index >= 15 is 0 Å². The highest BCUT2D eigenvalue weighted by atomic mass is 19.1. The van der Waals surface area contributed by atoms with Crippen molar-refractivity contribution in [2.24, 2.45) is 0 Å². The molecule has 1 heterocycles. The van der Waals surface area contributed by atoms with Gasteiger partial charge in [0.05, 0.1) is 23.4 Å². The Morgan fingerprint density at radius 3 is 2.84 bits per heavy atom. The topological polar surface area (TPSA) is 56.1 Å².